The van der Waals surface area contributed by atoms with E-state index in [2.05, 4.69) is 27.3 Å². The van der Waals surface area contributed by atoms with Crippen LogP contribution in [0.15, 0.2) is 48.5 Å². The minimum atomic E-state index is -0.640. The number of aromatic nitrogens is 2. The van der Waals surface area contributed by atoms with E-state index in [9.17, 15) is 18.4 Å². The van der Waals surface area contributed by atoms with Crippen LogP contribution in [0, 0.1) is 11.6 Å². The van der Waals surface area contributed by atoms with Crippen LogP contribution in [0.2, 0.25) is 0 Å². The first-order valence-electron chi connectivity index (χ1n) is 14.0. The van der Waals surface area contributed by atoms with Crippen LogP contribution < -0.4 is 10.2 Å². The molecule has 0 bridgehead atoms. The summed E-state index contributed by atoms with van der Waals surface area (Å²) in [6.07, 6.45) is 0.137. The Morgan fingerprint density at radius 2 is 1.93 bits per heavy atom. The van der Waals surface area contributed by atoms with Gasteiger partial charge in [-0.15, -0.1) is 0 Å². The summed E-state index contributed by atoms with van der Waals surface area (Å²) in [4.78, 5) is 32.7. The van der Waals surface area contributed by atoms with Gasteiger partial charge in [0, 0.05) is 68.3 Å². The fraction of sp³-hybridized carbons (Fsp3) is 0.419. The Morgan fingerprint density at radius 1 is 1.12 bits per heavy atom. The number of carbonyl (C=O) groups is 2. The summed E-state index contributed by atoms with van der Waals surface area (Å²) in [5.41, 5.74) is 3.60. The Kier molecular flexibility index (Phi) is 7.07. The van der Waals surface area contributed by atoms with Gasteiger partial charge in [-0.3, -0.25) is 14.5 Å². The van der Waals surface area contributed by atoms with Gasteiger partial charge in [0.2, 0.25) is 5.91 Å². The number of fused-ring (bicyclic) bond motifs is 2. The molecule has 6 rings (SSSR count). The Morgan fingerprint density at radius 3 is 2.71 bits per heavy atom. The molecule has 4 heterocycles. The molecule has 0 spiro atoms. The Labute approximate surface area is 238 Å². The third kappa shape index (κ3) is 5.34. The van der Waals surface area contributed by atoms with Crippen molar-refractivity contribution in [3.05, 3.63) is 88.2 Å². The Bertz CT molecular complexity index is 1510. The number of hydrogen-bond acceptors (Lipinski definition) is 6. The van der Waals surface area contributed by atoms with Crippen LogP contribution in [-0.4, -0.2) is 76.6 Å². The van der Waals surface area contributed by atoms with E-state index in [4.69, 9.17) is 0 Å². The van der Waals surface area contributed by atoms with Crippen molar-refractivity contribution in [3.8, 4) is 0 Å². The molecular weight excluding hydrogens is 526 g/mol. The molecule has 2 unspecified atom stereocenters. The average Bonchev–Trinajstić information content (AvgIpc) is 3.39. The summed E-state index contributed by atoms with van der Waals surface area (Å²) in [5.74, 6) is -1.30. The van der Waals surface area contributed by atoms with E-state index in [0.29, 0.717) is 49.7 Å². The lowest BCUT2D eigenvalue weighted by molar-refractivity contribution is -0.120. The smallest absolute Gasteiger partial charge is 0.254 e. The zero-order valence-corrected chi connectivity index (χ0v) is 23.5. The van der Waals surface area contributed by atoms with Crippen LogP contribution in [0.3, 0.4) is 0 Å². The molecule has 10 heteroatoms. The molecule has 3 aliphatic rings. The SMILES string of the molecule is CC1CN(CC(=O)N2CC(C)(C)c3nnc(Cc4ccc(F)cc4F)cc32)C(CN2Cc3ccccc3C2=O)CN1. The molecule has 1 saturated heterocycles. The largest absolute Gasteiger partial charge is 0.333 e. The number of anilines is 1. The maximum atomic E-state index is 14.3. The zero-order valence-electron chi connectivity index (χ0n) is 23.5. The van der Waals surface area contributed by atoms with Gasteiger partial charge in [0.05, 0.1) is 23.6 Å². The fourth-order valence-electron chi connectivity index (χ4n) is 6.21. The molecule has 41 heavy (non-hydrogen) atoms. The van der Waals surface area contributed by atoms with E-state index < -0.39 is 17.0 Å². The molecule has 1 N–H and O–H groups in total. The second kappa shape index (κ2) is 10.6. The predicted octanol–water partition coefficient (Wildman–Crippen LogP) is 3.29. The summed E-state index contributed by atoms with van der Waals surface area (Å²) in [6.45, 7) is 9.26. The molecule has 0 saturated carbocycles. The number of amides is 2. The molecule has 2 amide bonds. The number of benzene rings is 2. The van der Waals surface area contributed by atoms with Crippen molar-refractivity contribution in [1.29, 1.82) is 0 Å². The monoisotopic (exact) mass is 560 g/mol. The van der Waals surface area contributed by atoms with Gasteiger partial charge in [0.15, 0.2) is 0 Å². The van der Waals surface area contributed by atoms with Gasteiger partial charge in [-0.05, 0) is 36.2 Å². The Hall–Kier alpha value is -3.76. The highest BCUT2D eigenvalue weighted by molar-refractivity contribution is 5.98. The number of carbonyl (C=O) groups excluding carboxylic acids is 2. The lowest BCUT2D eigenvalue weighted by Crippen LogP contribution is -2.60. The van der Waals surface area contributed by atoms with Crippen LogP contribution in [0.5, 0.6) is 0 Å². The van der Waals surface area contributed by atoms with E-state index in [0.717, 1.165) is 22.9 Å². The molecule has 8 nitrogen and oxygen atoms in total. The van der Waals surface area contributed by atoms with Crippen molar-refractivity contribution in [1.82, 2.24) is 25.3 Å². The van der Waals surface area contributed by atoms with Crippen molar-refractivity contribution in [2.24, 2.45) is 0 Å². The van der Waals surface area contributed by atoms with Gasteiger partial charge in [-0.2, -0.15) is 10.2 Å². The second-order valence-electron chi connectivity index (χ2n) is 12.1. The van der Waals surface area contributed by atoms with Gasteiger partial charge >= 0.3 is 0 Å². The highest BCUT2D eigenvalue weighted by Crippen LogP contribution is 2.39. The minimum absolute atomic E-state index is 0.0175. The standard InChI is InChI=1S/C31H34F2N6O2/c1-19-14-37(24(13-34-19)16-38-15-21-6-4-5-7-25(21)30(38)41)17-28(40)39-18-31(2,3)29-27(39)12-23(35-36-29)10-20-8-9-22(32)11-26(20)33/h4-9,11-12,19,24,34H,10,13-18H2,1-3H3. The number of nitrogens with zero attached hydrogens (tertiary/aromatic N) is 5. The number of piperazine rings is 1. The first-order chi connectivity index (χ1) is 19.6. The van der Waals surface area contributed by atoms with Gasteiger partial charge in [0.1, 0.15) is 11.6 Å². The molecule has 1 aromatic heterocycles. The highest BCUT2D eigenvalue weighted by atomic mass is 19.1. The van der Waals surface area contributed by atoms with Gasteiger partial charge in [0.25, 0.3) is 5.91 Å². The number of nitrogens with one attached hydrogen (secondary N) is 1. The Balaban J connectivity index is 1.20. The van der Waals surface area contributed by atoms with Crippen molar-refractivity contribution >= 4 is 17.5 Å². The van der Waals surface area contributed by atoms with E-state index in [1.54, 1.807) is 11.0 Å². The number of halogens is 2. The lowest BCUT2D eigenvalue weighted by Gasteiger charge is -2.41. The molecule has 0 radical (unpaired) electrons. The quantitative estimate of drug-likeness (QED) is 0.499. The van der Waals surface area contributed by atoms with Gasteiger partial charge in [-0.25, -0.2) is 8.78 Å². The third-order valence-electron chi connectivity index (χ3n) is 8.39. The molecule has 214 valence electrons. The van der Waals surface area contributed by atoms with Crippen LogP contribution in [0.25, 0.3) is 0 Å². The molecule has 0 aliphatic carbocycles. The van der Waals surface area contributed by atoms with Crippen molar-refractivity contribution in [2.45, 2.75) is 51.2 Å². The summed E-state index contributed by atoms with van der Waals surface area (Å²) in [6, 6.07) is 13.2. The molecule has 3 aromatic rings. The molecule has 2 atom stereocenters. The molecule has 2 aromatic carbocycles. The first-order valence-corrected chi connectivity index (χ1v) is 14.0. The summed E-state index contributed by atoms with van der Waals surface area (Å²) >= 11 is 0. The number of rotatable bonds is 6. The van der Waals surface area contributed by atoms with E-state index in [1.807, 2.05) is 43.0 Å². The van der Waals surface area contributed by atoms with Crippen LogP contribution >= 0.6 is 0 Å². The molecule has 3 aliphatic heterocycles. The summed E-state index contributed by atoms with van der Waals surface area (Å²) < 4.78 is 27.7. The normalized spacial score (nSPS) is 21.7. The predicted molar refractivity (Wildman–Crippen MR) is 151 cm³/mol. The second-order valence-corrected chi connectivity index (χ2v) is 12.1. The van der Waals surface area contributed by atoms with E-state index in [-0.39, 0.29) is 36.9 Å². The highest BCUT2D eigenvalue weighted by Gasteiger charge is 2.41. The first kappa shape index (κ1) is 27.4. The third-order valence-corrected chi connectivity index (χ3v) is 8.39. The van der Waals surface area contributed by atoms with Crippen LogP contribution in [-0.2, 0) is 23.2 Å². The average molecular weight is 561 g/mol. The maximum Gasteiger partial charge on any atom is 0.254 e. The van der Waals surface area contributed by atoms with Crippen molar-refractivity contribution in [3.63, 3.8) is 0 Å². The lowest BCUT2D eigenvalue weighted by atomic mass is 9.91. The minimum Gasteiger partial charge on any atom is -0.333 e. The summed E-state index contributed by atoms with van der Waals surface area (Å²) in [5, 5.41) is 12.3. The van der Waals surface area contributed by atoms with E-state index >= 15 is 0 Å². The van der Waals surface area contributed by atoms with Gasteiger partial charge in [-0.1, -0.05) is 38.1 Å². The molecule has 1 fully saturated rings. The summed E-state index contributed by atoms with van der Waals surface area (Å²) in [7, 11) is 0. The van der Waals surface area contributed by atoms with E-state index in [1.165, 1.54) is 12.1 Å². The van der Waals surface area contributed by atoms with Gasteiger partial charge < -0.3 is 15.1 Å². The topological polar surface area (TPSA) is 81.7 Å². The zero-order chi connectivity index (χ0) is 28.9. The van der Waals surface area contributed by atoms with Crippen LogP contribution in [0.1, 0.15) is 53.6 Å². The molecular formula is C31H34F2N6O2. The van der Waals surface area contributed by atoms with Crippen molar-refractivity contribution in [2.75, 3.05) is 37.6 Å². The fourth-order valence-corrected chi connectivity index (χ4v) is 6.21. The maximum absolute atomic E-state index is 14.3. The number of hydrogen-bond donors (Lipinski definition) is 1. The van der Waals surface area contributed by atoms with Crippen molar-refractivity contribution < 1.29 is 18.4 Å². The van der Waals surface area contributed by atoms with Crippen LogP contribution in [0.4, 0.5) is 14.5 Å².